The minimum absolute atomic E-state index is 0.249. The fraction of sp³-hybridized carbons (Fsp3) is 0.750. The fourth-order valence-corrected chi connectivity index (χ4v) is 2.97. The molecule has 4 nitrogen and oxygen atoms in total. The van der Waals surface area contributed by atoms with Crippen molar-refractivity contribution < 1.29 is 8.42 Å². The largest absolute Gasteiger partial charge is 0.279 e. The van der Waals surface area contributed by atoms with Crippen LogP contribution in [0.25, 0.3) is 0 Å². The molecule has 0 bridgehead atoms. The summed E-state index contributed by atoms with van der Waals surface area (Å²) < 4.78 is 27.9. The highest BCUT2D eigenvalue weighted by Gasteiger charge is 2.22. The Morgan fingerprint density at radius 1 is 1.36 bits per heavy atom. The minimum Gasteiger partial charge on any atom is -0.197 e. The van der Waals surface area contributed by atoms with E-state index >= 15 is 0 Å². The zero-order valence-electron chi connectivity index (χ0n) is 8.00. The van der Waals surface area contributed by atoms with Gasteiger partial charge in [0, 0.05) is 24.1 Å². The average molecular weight is 283 g/mol. The number of hydrogen-bond donors (Lipinski definition) is 1. The molecule has 0 atom stereocenters. The highest BCUT2D eigenvalue weighted by atomic mass is 79.9. The van der Waals surface area contributed by atoms with Crippen LogP contribution in [0.15, 0.2) is 11.1 Å². The van der Waals surface area contributed by atoms with Crippen LogP contribution in [0.4, 0.5) is 0 Å². The first-order valence-corrected chi connectivity index (χ1v) is 6.84. The molecule has 0 aromatic rings. The predicted molar refractivity (Wildman–Crippen MR) is 60.4 cm³/mol. The van der Waals surface area contributed by atoms with Gasteiger partial charge in [-0.1, -0.05) is 28.9 Å². The number of nitrogens with zero attached hydrogens (tertiary/aromatic N) is 1. The van der Waals surface area contributed by atoms with Crippen LogP contribution in [0, 0.1) is 0 Å². The summed E-state index contributed by atoms with van der Waals surface area (Å²) in [5.74, 6) is 0. The van der Waals surface area contributed by atoms with Crippen molar-refractivity contribution in [1.29, 1.82) is 0 Å². The third kappa shape index (κ3) is 3.68. The lowest BCUT2D eigenvalue weighted by atomic mass is 10.2. The molecule has 1 rings (SSSR count). The van der Waals surface area contributed by atoms with E-state index in [1.165, 1.54) is 4.31 Å². The quantitative estimate of drug-likeness (QED) is 0.843. The summed E-state index contributed by atoms with van der Waals surface area (Å²) in [6.45, 7) is 5.08. The molecule has 1 N–H and O–H groups in total. The summed E-state index contributed by atoms with van der Waals surface area (Å²) in [6, 6.07) is 0. The van der Waals surface area contributed by atoms with Crippen molar-refractivity contribution in [3.05, 3.63) is 11.1 Å². The van der Waals surface area contributed by atoms with E-state index < -0.39 is 10.2 Å². The smallest absolute Gasteiger partial charge is 0.197 e. The van der Waals surface area contributed by atoms with Crippen LogP contribution in [0.3, 0.4) is 0 Å². The van der Waals surface area contributed by atoms with Crippen LogP contribution in [0.5, 0.6) is 0 Å². The van der Waals surface area contributed by atoms with Gasteiger partial charge in [-0.15, -0.1) is 0 Å². The summed E-state index contributed by atoms with van der Waals surface area (Å²) in [4.78, 5) is 0. The van der Waals surface area contributed by atoms with Gasteiger partial charge in [-0.25, -0.2) is 0 Å². The van der Waals surface area contributed by atoms with Crippen LogP contribution >= 0.6 is 15.9 Å². The topological polar surface area (TPSA) is 49.4 Å². The van der Waals surface area contributed by atoms with E-state index in [2.05, 4.69) is 27.2 Å². The van der Waals surface area contributed by atoms with E-state index in [9.17, 15) is 8.42 Å². The van der Waals surface area contributed by atoms with Crippen LogP contribution in [-0.2, 0) is 10.2 Å². The molecule has 0 aromatic heterocycles. The van der Waals surface area contributed by atoms with Gasteiger partial charge in [0.05, 0.1) is 0 Å². The van der Waals surface area contributed by atoms with Gasteiger partial charge < -0.3 is 0 Å². The first kappa shape index (κ1) is 12.2. The zero-order valence-corrected chi connectivity index (χ0v) is 10.4. The Morgan fingerprint density at radius 3 is 2.43 bits per heavy atom. The molecule has 6 heteroatoms. The van der Waals surface area contributed by atoms with Gasteiger partial charge in [-0.05, 0) is 12.8 Å². The van der Waals surface area contributed by atoms with E-state index in [1.807, 2.05) is 0 Å². The molecule has 14 heavy (non-hydrogen) atoms. The van der Waals surface area contributed by atoms with Crippen molar-refractivity contribution in [3.8, 4) is 0 Å². The van der Waals surface area contributed by atoms with Crippen LogP contribution in [-0.4, -0.2) is 32.4 Å². The van der Waals surface area contributed by atoms with Crippen molar-refractivity contribution >= 4 is 26.1 Å². The molecule has 0 unspecified atom stereocenters. The average Bonchev–Trinajstić information content (AvgIpc) is 2.16. The van der Waals surface area contributed by atoms with Crippen molar-refractivity contribution in [3.63, 3.8) is 0 Å². The summed E-state index contributed by atoms with van der Waals surface area (Å²) in [5.41, 5.74) is 0. The Bertz CT molecular complexity index is 296. The molecular weight excluding hydrogens is 268 g/mol. The number of rotatable bonds is 4. The Balaban J connectivity index is 2.50. The molecule has 1 aliphatic rings. The summed E-state index contributed by atoms with van der Waals surface area (Å²) in [7, 11) is -3.29. The second kappa shape index (κ2) is 5.25. The fourth-order valence-electron chi connectivity index (χ4n) is 1.37. The van der Waals surface area contributed by atoms with Gasteiger partial charge in [0.2, 0.25) is 0 Å². The molecule has 82 valence electrons. The molecule has 0 radical (unpaired) electrons. The van der Waals surface area contributed by atoms with E-state index in [1.54, 1.807) is 0 Å². The van der Waals surface area contributed by atoms with Crippen LogP contribution in [0.1, 0.15) is 19.3 Å². The van der Waals surface area contributed by atoms with E-state index in [4.69, 9.17) is 0 Å². The molecule has 1 fully saturated rings. The van der Waals surface area contributed by atoms with Gasteiger partial charge >= 0.3 is 0 Å². The van der Waals surface area contributed by atoms with Gasteiger partial charge in [-0.2, -0.15) is 17.4 Å². The molecule has 0 spiro atoms. The summed E-state index contributed by atoms with van der Waals surface area (Å²) in [5, 5.41) is 0. The highest BCUT2D eigenvalue weighted by Crippen LogP contribution is 2.12. The maximum Gasteiger partial charge on any atom is 0.279 e. The monoisotopic (exact) mass is 282 g/mol. The Kier molecular flexibility index (Phi) is 4.56. The summed E-state index contributed by atoms with van der Waals surface area (Å²) in [6.07, 6.45) is 3.03. The van der Waals surface area contributed by atoms with Crippen molar-refractivity contribution in [2.24, 2.45) is 0 Å². The normalized spacial score (nSPS) is 19.5. The first-order chi connectivity index (χ1) is 6.52. The van der Waals surface area contributed by atoms with Gasteiger partial charge in [0.15, 0.2) is 0 Å². The molecule has 0 aliphatic carbocycles. The third-order valence-electron chi connectivity index (χ3n) is 2.10. The number of piperidine rings is 1. The molecule has 1 heterocycles. The van der Waals surface area contributed by atoms with E-state index in [0.717, 1.165) is 19.3 Å². The van der Waals surface area contributed by atoms with Gasteiger partial charge in [0.1, 0.15) is 0 Å². The maximum atomic E-state index is 11.6. The second-order valence-electron chi connectivity index (χ2n) is 3.30. The van der Waals surface area contributed by atoms with Crippen molar-refractivity contribution in [1.82, 2.24) is 9.03 Å². The summed E-state index contributed by atoms with van der Waals surface area (Å²) >= 11 is 3.11. The van der Waals surface area contributed by atoms with Crippen molar-refractivity contribution in [2.75, 3.05) is 19.6 Å². The predicted octanol–water partition coefficient (Wildman–Crippen LogP) is 1.22. The minimum atomic E-state index is -3.29. The van der Waals surface area contributed by atoms with E-state index in [0.29, 0.717) is 17.6 Å². The van der Waals surface area contributed by atoms with E-state index in [-0.39, 0.29) is 6.54 Å². The second-order valence-corrected chi connectivity index (χ2v) is 6.18. The molecular formula is C8H15BrN2O2S. The highest BCUT2D eigenvalue weighted by molar-refractivity contribution is 9.11. The van der Waals surface area contributed by atoms with Crippen LogP contribution in [0.2, 0.25) is 0 Å². The Labute approximate surface area is 93.7 Å². The molecule has 0 saturated carbocycles. The third-order valence-corrected chi connectivity index (χ3v) is 3.94. The maximum absolute atomic E-state index is 11.6. The van der Waals surface area contributed by atoms with Crippen LogP contribution < -0.4 is 4.72 Å². The molecule has 1 aliphatic heterocycles. The molecule has 0 aromatic carbocycles. The number of hydrogen-bond acceptors (Lipinski definition) is 2. The van der Waals surface area contributed by atoms with Gasteiger partial charge in [0.25, 0.3) is 10.2 Å². The first-order valence-electron chi connectivity index (χ1n) is 4.60. The standard InChI is InChI=1S/C8H15BrN2O2S/c1-8(9)7-10-14(12,13)11-5-3-2-4-6-11/h10H,1-7H2. The lowest BCUT2D eigenvalue weighted by Crippen LogP contribution is -2.43. The molecule has 0 amide bonds. The number of halogens is 1. The van der Waals surface area contributed by atoms with Gasteiger partial charge in [-0.3, -0.25) is 0 Å². The number of nitrogens with one attached hydrogen (secondary N) is 1. The zero-order chi connectivity index (χ0) is 10.6. The van der Waals surface area contributed by atoms with Crippen molar-refractivity contribution in [2.45, 2.75) is 19.3 Å². The lowest BCUT2D eigenvalue weighted by molar-refractivity contribution is 0.342. The molecule has 1 saturated heterocycles. The Morgan fingerprint density at radius 2 is 1.93 bits per heavy atom. The SMILES string of the molecule is C=C(Br)CNS(=O)(=O)N1CCCCC1. The lowest BCUT2D eigenvalue weighted by Gasteiger charge is -2.25. The Hall–Kier alpha value is 0.0900.